The Bertz CT molecular complexity index is 1720. The van der Waals surface area contributed by atoms with Gasteiger partial charge in [0.1, 0.15) is 0 Å². The number of nitrogens with zero attached hydrogens (tertiary/aromatic N) is 2. The SMILES string of the molecule is C=N/C(=N\C(=C)c1ccc2sc3ccccc3c2c1)c1cccc2sc3ccccc3c12. The molecular formula is C28H18N2S2. The predicted molar refractivity (Wildman–Crippen MR) is 144 cm³/mol. The standard InChI is InChI=1S/C28H18N2S2/c1-17(18-14-15-25-22(16-18)19-8-3-5-11-23(19)31-25)30-28(29-2)21-10-7-13-26-27(21)20-9-4-6-12-24(20)32-26/h3-16H,1-2H2/b30-28-. The molecule has 0 aliphatic heterocycles. The van der Waals surface area contributed by atoms with E-state index in [-0.39, 0.29) is 0 Å². The third-order valence-corrected chi connectivity index (χ3v) is 8.03. The number of benzene rings is 4. The first-order valence-electron chi connectivity index (χ1n) is 10.3. The smallest absolute Gasteiger partial charge is 0.159 e. The van der Waals surface area contributed by atoms with Gasteiger partial charge in [0.05, 0.1) is 5.70 Å². The van der Waals surface area contributed by atoms with Gasteiger partial charge in [0.15, 0.2) is 5.84 Å². The van der Waals surface area contributed by atoms with E-state index in [0.717, 1.165) is 11.1 Å². The van der Waals surface area contributed by atoms with Gasteiger partial charge in [0.25, 0.3) is 0 Å². The molecule has 0 saturated carbocycles. The van der Waals surface area contributed by atoms with Crippen LogP contribution in [0.1, 0.15) is 11.1 Å². The quantitative estimate of drug-likeness (QED) is 0.192. The second-order valence-corrected chi connectivity index (χ2v) is 9.79. The van der Waals surface area contributed by atoms with Crippen LogP contribution in [-0.2, 0) is 0 Å². The van der Waals surface area contributed by atoms with Crippen molar-refractivity contribution < 1.29 is 0 Å². The van der Waals surface area contributed by atoms with E-state index in [2.05, 4.69) is 103 Å². The van der Waals surface area contributed by atoms with E-state index < -0.39 is 0 Å². The fourth-order valence-electron chi connectivity index (χ4n) is 4.24. The van der Waals surface area contributed by atoms with Crippen molar-refractivity contribution in [2.24, 2.45) is 9.98 Å². The number of thiophene rings is 2. The lowest BCUT2D eigenvalue weighted by atomic mass is 10.0. The summed E-state index contributed by atoms with van der Waals surface area (Å²) in [6.07, 6.45) is 0. The third kappa shape index (κ3) is 3.00. The van der Waals surface area contributed by atoms with Crippen molar-refractivity contribution in [2.75, 3.05) is 0 Å². The molecule has 32 heavy (non-hydrogen) atoms. The van der Waals surface area contributed by atoms with Gasteiger partial charge in [-0.05, 0) is 37.0 Å². The van der Waals surface area contributed by atoms with E-state index in [1.165, 1.54) is 40.3 Å². The molecule has 2 aromatic heterocycles. The first kappa shape index (κ1) is 19.1. The van der Waals surface area contributed by atoms with Gasteiger partial charge in [-0.25, -0.2) is 9.98 Å². The summed E-state index contributed by atoms with van der Waals surface area (Å²) in [5.74, 6) is 0.597. The number of hydrogen-bond donors (Lipinski definition) is 0. The molecule has 0 bridgehead atoms. The van der Waals surface area contributed by atoms with Crippen LogP contribution in [0, 0.1) is 0 Å². The second-order valence-electron chi connectivity index (χ2n) is 7.63. The minimum atomic E-state index is 0.597. The highest BCUT2D eigenvalue weighted by Crippen LogP contribution is 2.37. The Morgan fingerprint density at radius 1 is 0.656 bits per heavy atom. The van der Waals surface area contributed by atoms with Crippen LogP contribution in [0.25, 0.3) is 46.0 Å². The van der Waals surface area contributed by atoms with Gasteiger partial charge >= 0.3 is 0 Å². The molecule has 152 valence electrons. The molecule has 0 radical (unpaired) electrons. The zero-order chi connectivity index (χ0) is 21.7. The van der Waals surface area contributed by atoms with Gasteiger partial charge in [-0.1, -0.05) is 61.2 Å². The zero-order valence-corrected chi connectivity index (χ0v) is 18.8. The van der Waals surface area contributed by atoms with Crippen molar-refractivity contribution in [1.82, 2.24) is 0 Å². The molecule has 6 aromatic rings. The van der Waals surface area contributed by atoms with E-state index >= 15 is 0 Å². The number of fused-ring (bicyclic) bond motifs is 6. The van der Waals surface area contributed by atoms with Crippen molar-refractivity contribution in [3.63, 3.8) is 0 Å². The molecular weight excluding hydrogens is 428 g/mol. The number of amidine groups is 1. The molecule has 0 N–H and O–H groups in total. The number of aliphatic imine (C=N–C) groups is 2. The molecule has 0 unspecified atom stereocenters. The van der Waals surface area contributed by atoms with Gasteiger partial charge in [-0.3, -0.25) is 0 Å². The summed E-state index contributed by atoms with van der Waals surface area (Å²) in [7, 11) is 0. The topological polar surface area (TPSA) is 24.7 Å². The van der Waals surface area contributed by atoms with Gasteiger partial charge in [-0.2, -0.15) is 0 Å². The average Bonchev–Trinajstić information content (AvgIpc) is 3.40. The molecule has 0 amide bonds. The van der Waals surface area contributed by atoms with Crippen molar-refractivity contribution in [3.05, 3.63) is 103 Å². The molecule has 2 heterocycles. The number of hydrogen-bond acceptors (Lipinski definition) is 3. The van der Waals surface area contributed by atoms with E-state index in [0.29, 0.717) is 11.5 Å². The highest BCUT2D eigenvalue weighted by molar-refractivity contribution is 7.26. The van der Waals surface area contributed by atoms with Crippen molar-refractivity contribution in [3.8, 4) is 0 Å². The molecule has 6 rings (SSSR count). The number of rotatable bonds is 3. The summed E-state index contributed by atoms with van der Waals surface area (Å²) < 4.78 is 5.03. The van der Waals surface area contributed by atoms with E-state index in [4.69, 9.17) is 4.99 Å². The normalized spacial score (nSPS) is 12.2. The Labute approximate surface area is 193 Å². The summed E-state index contributed by atoms with van der Waals surface area (Å²) in [5.41, 5.74) is 2.66. The first-order valence-corrected chi connectivity index (χ1v) is 11.9. The summed E-state index contributed by atoms with van der Waals surface area (Å²) >= 11 is 3.59. The lowest BCUT2D eigenvalue weighted by molar-refractivity contribution is 1.49. The fraction of sp³-hybridized carbons (Fsp3) is 0. The fourth-order valence-corrected chi connectivity index (χ4v) is 6.46. The highest BCUT2D eigenvalue weighted by atomic mass is 32.1. The van der Waals surface area contributed by atoms with Crippen LogP contribution < -0.4 is 0 Å². The summed E-state index contributed by atoms with van der Waals surface area (Å²) in [6, 6.07) is 29.7. The van der Waals surface area contributed by atoms with Crippen LogP contribution in [0.4, 0.5) is 0 Å². The highest BCUT2D eigenvalue weighted by Gasteiger charge is 2.14. The monoisotopic (exact) mass is 446 g/mol. The zero-order valence-electron chi connectivity index (χ0n) is 17.2. The molecule has 0 atom stereocenters. The molecule has 0 saturated heterocycles. The maximum atomic E-state index is 4.84. The Morgan fingerprint density at radius 3 is 2.12 bits per heavy atom. The molecule has 4 aromatic carbocycles. The van der Waals surface area contributed by atoms with Gasteiger partial charge in [-0.15, -0.1) is 22.7 Å². The molecule has 0 aliphatic rings. The predicted octanol–water partition coefficient (Wildman–Crippen LogP) is 8.54. The van der Waals surface area contributed by atoms with Crippen LogP contribution in [0.5, 0.6) is 0 Å². The summed E-state index contributed by atoms with van der Waals surface area (Å²) in [6.45, 7) is 8.09. The summed E-state index contributed by atoms with van der Waals surface area (Å²) in [4.78, 5) is 9.15. The van der Waals surface area contributed by atoms with Crippen molar-refractivity contribution in [1.29, 1.82) is 0 Å². The molecule has 4 heteroatoms. The molecule has 0 spiro atoms. The van der Waals surface area contributed by atoms with Gasteiger partial charge in [0.2, 0.25) is 0 Å². The first-order chi connectivity index (χ1) is 15.7. The Morgan fingerprint density at radius 2 is 1.31 bits per heavy atom. The maximum absolute atomic E-state index is 4.84. The van der Waals surface area contributed by atoms with Gasteiger partial charge in [0, 0.05) is 51.5 Å². The second kappa shape index (κ2) is 7.52. The molecule has 0 aliphatic carbocycles. The summed E-state index contributed by atoms with van der Waals surface area (Å²) in [5, 5.41) is 4.89. The van der Waals surface area contributed by atoms with Crippen molar-refractivity contribution >= 4 is 81.3 Å². The van der Waals surface area contributed by atoms with Crippen LogP contribution in [-0.4, -0.2) is 12.6 Å². The van der Waals surface area contributed by atoms with Crippen LogP contribution in [0.15, 0.2) is 101 Å². The molecule has 2 nitrogen and oxygen atoms in total. The Balaban J connectivity index is 1.49. The minimum absolute atomic E-state index is 0.597. The molecule has 0 fully saturated rings. The maximum Gasteiger partial charge on any atom is 0.159 e. The van der Waals surface area contributed by atoms with Crippen LogP contribution >= 0.6 is 22.7 Å². The van der Waals surface area contributed by atoms with E-state index in [9.17, 15) is 0 Å². The third-order valence-electron chi connectivity index (χ3n) is 5.74. The van der Waals surface area contributed by atoms with E-state index in [1.807, 2.05) is 11.3 Å². The van der Waals surface area contributed by atoms with Crippen LogP contribution in [0.3, 0.4) is 0 Å². The Hall–Kier alpha value is -3.60. The van der Waals surface area contributed by atoms with Crippen LogP contribution in [0.2, 0.25) is 0 Å². The van der Waals surface area contributed by atoms with E-state index in [1.54, 1.807) is 11.3 Å². The average molecular weight is 447 g/mol. The Kier molecular flexibility index (Phi) is 4.49. The lowest BCUT2D eigenvalue weighted by Gasteiger charge is -2.07. The van der Waals surface area contributed by atoms with Gasteiger partial charge < -0.3 is 0 Å². The lowest BCUT2D eigenvalue weighted by Crippen LogP contribution is -1.98. The van der Waals surface area contributed by atoms with Crippen molar-refractivity contribution in [2.45, 2.75) is 0 Å². The largest absolute Gasteiger partial charge is 0.245 e. The minimum Gasteiger partial charge on any atom is -0.245 e.